The van der Waals surface area contributed by atoms with Crippen molar-refractivity contribution < 1.29 is 19.1 Å². The molecule has 1 atom stereocenters. The standard InChI is InChI=1S/C22H23Cl2NO4/c1-22(2,3)29-21(27)25-12-16(13-25)19(15-9-10-17(23)18(24)11-15)28-20(26)14-7-5-4-6-8-14/h4-11,16,19H,12-13H2,1-3H3. The molecule has 0 N–H and O–H groups in total. The van der Waals surface area contributed by atoms with E-state index in [2.05, 4.69) is 0 Å². The third-order valence-electron chi connectivity index (χ3n) is 4.51. The lowest BCUT2D eigenvalue weighted by Crippen LogP contribution is -2.54. The van der Waals surface area contributed by atoms with Gasteiger partial charge in [0.15, 0.2) is 0 Å². The van der Waals surface area contributed by atoms with Gasteiger partial charge in [-0.25, -0.2) is 9.59 Å². The summed E-state index contributed by atoms with van der Waals surface area (Å²) in [5.74, 6) is -0.509. The molecule has 0 aliphatic carbocycles. The van der Waals surface area contributed by atoms with Gasteiger partial charge in [-0.05, 0) is 50.6 Å². The summed E-state index contributed by atoms with van der Waals surface area (Å²) < 4.78 is 11.2. The van der Waals surface area contributed by atoms with Crippen LogP contribution in [0.3, 0.4) is 0 Å². The van der Waals surface area contributed by atoms with Crippen LogP contribution in [0, 0.1) is 5.92 Å². The van der Waals surface area contributed by atoms with Gasteiger partial charge < -0.3 is 14.4 Å². The molecule has 3 rings (SSSR count). The van der Waals surface area contributed by atoms with Crippen LogP contribution in [0.25, 0.3) is 0 Å². The highest BCUT2D eigenvalue weighted by atomic mass is 35.5. The van der Waals surface area contributed by atoms with Crippen LogP contribution in [0.5, 0.6) is 0 Å². The molecule has 154 valence electrons. The van der Waals surface area contributed by atoms with E-state index in [0.717, 1.165) is 5.56 Å². The number of amides is 1. The number of benzene rings is 2. The van der Waals surface area contributed by atoms with Crippen molar-refractivity contribution in [1.29, 1.82) is 0 Å². The molecule has 2 aromatic rings. The Morgan fingerprint density at radius 2 is 1.69 bits per heavy atom. The third kappa shape index (κ3) is 5.43. The zero-order chi connectivity index (χ0) is 21.2. The lowest BCUT2D eigenvalue weighted by Gasteiger charge is -2.43. The van der Waals surface area contributed by atoms with Crippen molar-refractivity contribution in [3.8, 4) is 0 Å². The van der Waals surface area contributed by atoms with Crippen LogP contribution in [0.4, 0.5) is 4.79 Å². The second kappa shape index (κ2) is 8.64. The first-order valence-corrected chi connectivity index (χ1v) is 10.1. The van der Waals surface area contributed by atoms with Crippen LogP contribution in [0.2, 0.25) is 10.0 Å². The summed E-state index contributed by atoms with van der Waals surface area (Å²) in [7, 11) is 0. The monoisotopic (exact) mass is 435 g/mol. The summed E-state index contributed by atoms with van der Waals surface area (Å²) in [4.78, 5) is 26.5. The smallest absolute Gasteiger partial charge is 0.410 e. The summed E-state index contributed by atoms with van der Waals surface area (Å²) in [6.45, 7) is 6.30. The van der Waals surface area contributed by atoms with E-state index in [4.69, 9.17) is 32.7 Å². The Balaban J connectivity index is 1.76. The molecule has 1 fully saturated rings. The highest BCUT2D eigenvalue weighted by Gasteiger charge is 2.41. The summed E-state index contributed by atoms with van der Waals surface area (Å²) in [5.41, 5.74) is 0.629. The Labute approximate surface area is 180 Å². The Kier molecular flexibility index (Phi) is 6.39. The molecule has 1 amide bonds. The van der Waals surface area contributed by atoms with E-state index in [1.165, 1.54) is 0 Å². The van der Waals surface area contributed by atoms with E-state index in [1.807, 2.05) is 26.8 Å². The molecule has 2 aromatic carbocycles. The van der Waals surface area contributed by atoms with Crippen LogP contribution >= 0.6 is 23.2 Å². The van der Waals surface area contributed by atoms with Crippen molar-refractivity contribution in [2.24, 2.45) is 5.92 Å². The lowest BCUT2D eigenvalue weighted by molar-refractivity contribution is -0.0431. The molecule has 1 heterocycles. The zero-order valence-corrected chi connectivity index (χ0v) is 18.0. The van der Waals surface area contributed by atoms with Crippen molar-refractivity contribution >= 4 is 35.3 Å². The fraction of sp³-hybridized carbons (Fsp3) is 0.364. The van der Waals surface area contributed by atoms with Gasteiger partial charge in [0, 0.05) is 19.0 Å². The molecule has 0 spiro atoms. The normalized spacial score (nSPS) is 15.4. The van der Waals surface area contributed by atoms with Gasteiger partial charge in [-0.15, -0.1) is 0 Å². The van der Waals surface area contributed by atoms with Crippen LogP contribution < -0.4 is 0 Å². The highest BCUT2D eigenvalue weighted by Crippen LogP contribution is 2.37. The molecule has 1 aliphatic rings. The molecule has 5 nitrogen and oxygen atoms in total. The third-order valence-corrected chi connectivity index (χ3v) is 5.24. The van der Waals surface area contributed by atoms with Crippen molar-refractivity contribution in [1.82, 2.24) is 4.90 Å². The van der Waals surface area contributed by atoms with Gasteiger partial charge in [-0.3, -0.25) is 0 Å². The Morgan fingerprint density at radius 3 is 2.28 bits per heavy atom. The molecule has 7 heteroatoms. The Bertz CT molecular complexity index is 889. The van der Waals surface area contributed by atoms with Crippen LogP contribution in [-0.4, -0.2) is 35.7 Å². The van der Waals surface area contributed by atoms with Gasteiger partial charge in [0.1, 0.15) is 11.7 Å². The highest BCUT2D eigenvalue weighted by molar-refractivity contribution is 6.42. The van der Waals surface area contributed by atoms with Crippen molar-refractivity contribution in [3.63, 3.8) is 0 Å². The molecular weight excluding hydrogens is 413 g/mol. The van der Waals surface area contributed by atoms with Gasteiger partial charge in [-0.2, -0.15) is 0 Å². The topological polar surface area (TPSA) is 55.8 Å². The number of hydrogen-bond donors (Lipinski definition) is 0. The van der Waals surface area contributed by atoms with Gasteiger partial charge in [-0.1, -0.05) is 47.5 Å². The predicted molar refractivity (Wildman–Crippen MR) is 112 cm³/mol. The number of nitrogens with zero attached hydrogens (tertiary/aromatic N) is 1. The molecular formula is C22H23Cl2NO4. The average molecular weight is 436 g/mol. The fourth-order valence-corrected chi connectivity index (χ4v) is 3.37. The summed E-state index contributed by atoms with van der Waals surface area (Å²) in [6.07, 6.45) is -0.938. The molecule has 0 aromatic heterocycles. The number of esters is 1. The molecule has 0 radical (unpaired) electrons. The van der Waals surface area contributed by atoms with Gasteiger partial charge in [0.2, 0.25) is 0 Å². The van der Waals surface area contributed by atoms with E-state index < -0.39 is 17.7 Å². The molecule has 0 saturated carbocycles. The zero-order valence-electron chi connectivity index (χ0n) is 16.5. The van der Waals surface area contributed by atoms with Crippen molar-refractivity contribution in [3.05, 3.63) is 69.7 Å². The first-order valence-electron chi connectivity index (χ1n) is 9.33. The first-order chi connectivity index (χ1) is 13.6. The maximum absolute atomic E-state index is 12.6. The Morgan fingerprint density at radius 1 is 1.03 bits per heavy atom. The molecule has 1 saturated heterocycles. The SMILES string of the molecule is CC(C)(C)OC(=O)N1CC(C(OC(=O)c2ccccc2)c2ccc(Cl)c(Cl)c2)C1. The number of hydrogen-bond acceptors (Lipinski definition) is 4. The molecule has 1 aliphatic heterocycles. The van der Waals surface area contributed by atoms with E-state index in [0.29, 0.717) is 28.7 Å². The van der Waals surface area contributed by atoms with Crippen molar-refractivity contribution in [2.75, 3.05) is 13.1 Å². The average Bonchev–Trinajstić information content (AvgIpc) is 2.61. The van der Waals surface area contributed by atoms with Crippen LogP contribution in [-0.2, 0) is 9.47 Å². The number of ether oxygens (including phenoxy) is 2. The summed E-state index contributed by atoms with van der Waals surface area (Å²) in [5, 5.41) is 0.806. The minimum Gasteiger partial charge on any atom is -0.453 e. The summed E-state index contributed by atoms with van der Waals surface area (Å²) >= 11 is 12.2. The number of halogens is 2. The Hall–Kier alpha value is -2.24. The fourth-order valence-electron chi connectivity index (χ4n) is 3.06. The molecule has 1 unspecified atom stereocenters. The summed E-state index contributed by atoms with van der Waals surface area (Å²) in [6, 6.07) is 13.9. The van der Waals surface area contributed by atoms with Crippen molar-refractivity contribution in [2.45, 2.75) is 32.5 Å². The minimum absolute atomic E-state index is 0.0765. The van der Waals surface area contributed by atoms with Gasteiger partial charge in [0.05, 0.1) is 15.6 Å². The number of likely N-dealkylation sites (tertiary alicyclic amines) is 1. The van der Waals surface area contributed by atoms with Gasteiger partial charge >= 0.3 is 12.1 Å². The van der Waals surface area contributed by atoms with E-state index in [-0.39, 0.29) is 12.0 Å². The molecule has 29 heavy (non-hydrogen) atoms. The van der Waals surface area contributed by atoms with E-state index >= 15 is 0 Å². The van der Waals surface area contributed by atoms with E-state index in [1.54, 1.807) is 47.4 Å². The molecule has 0 bridgehead atoms. The first kappa shape index (κ1) is 21.5. The quantitative estimate of drug-likeness (QED) is 0.572. The second-order valence-electron chi connectivity index (χ2n) is 8.01. The maximum Gasteiger partial charge on any atom is 0.410 e. The number of rotatable bonds is 4. The second-order valence-corrected chi connectivity index (χ2v) is 8.83. The number of carbonyl (C=O) groups excluding carboxylic acids is 2. The maximum atomic E-state index is 12.6. The van der Waals surface area contributed by atoms with E-state index in [9.17, 15) is 9.59 Å². The predicted octanol–water partition coefficient (Wildman–Crippen LogP) is 5.76. The van der Waals surface area contributed by atoms with Crippen LogP contribution in [0.15, 0.2) is 48.5 Å². The lowest BCUT2D eigenvalue weighted by atomic mass is 9.89. The minimum atomic E-state index is -0.564. The van der Waals surface area contributed by atoms with Gasteiger partial charge in [0.25, 0.3) is 0 Å². The number of carbonyl (C=O) groups is 2. The largest absolute Gasteiger partial charge is 0.453 e. The van der Waals surface area contributed by atoms with Crippen LogP contribution in [0.1, 0.15) is 42.8 Å².